The van der Waals surface area contributed by atoms with Crippen molar-refractivity contribution in [2.45, 2.75) is 59.0 Å². The molecule has 5 nitrogen and oxygen atoms in total. The van der Waals surface area contributed by atoms with Gasteiger partial charge in [0.05, 0.1) is 11.8 Å². The number of nitro groups is 1. The van der Waals surface area contributed by atoms with Crippen LogP contribution in [0.15, 0.2) is 11.6 Å². The number of carbonyl (C=O) groups excluding carboxylic acids is 1. The zero-order valence-corrected chi connectivity index (χ0v) is 13.3. The van der Waals surface area contributed by atoms with Crippen molar-refractivity contribution >= 4 is 5.97 Å². The van der Waals surface area contributed by atoms with Gasteiger partial charge >= 0.3 is 5.97 Å². The van der Waals surface area contributed by atoms with Crippen LogP contribution in [0.3, 0.4) is 0 Å². The molecule has 1 fully saturated rings. The van der Waals surface area contributed by atoms with Gasteiger partial charge in [-0.1, -0.05) is 18.6 Å². The minimum atomic E-state index is -0.546. The molecule has 0 bridgehead atoms. The van der Waals surface area contributed by atoms with Crippen LogP contribution in [0.5, 0.6) is 0 Å². The van der Waals surface area contributed by atoms with E-state index in [-0.39, 0.29) is 29.8 Å². The molecule has 21 heavy (non-hydrogen) atoms. The molecular weight excluding hydrogens is 270 g/mol. The Labute approximate surface area is 125 Å². The Balaban J connectivity index is 2.11. The van der Waals surface area contributed by atoms with Gasteiger partial charge in [-0.25, -0.2) is 0 Å². The van der Waals surface area contributed by atoms with Crippen LogP contribution in [-0.2, 0) is 9.53 Å². The molecule has 0 aliphatic heterocycles. The number of nitrogens with zero attached hydrogens (tertiary/aromatic N) is 1. The smallest absolute Gasteiger partial charge is 0.307 e. The Kier molecular flexibility index (Phi) is 4.13. The van der Waals surface area contributed by atoms with E-state index in [0.29, 0.717) is 5.92 Å². The van der Waals surface area contributed by atoms with Crippen LogP contribution in [-0.4, -0.2) is 23.0 Å². The molecule has 0 aromatic carbocycles. The first kappa shape index (κ1) is 16.0. The molecule has 0 amide bonds. The van der Waals surface area contributed by atoms with Gasteiger partial charge in [0.25, 0.3) is 0 Å². The molecule has 118 valence electrons. The summed E-state index contributed by atoms with van der Waals surface area (Å²) < 4.78 is 5.37. The summed E-state index contributed by atoms with van der Waals surface area (Å²) in [4.78, 5) is 22.9. The Hall–Kier alpha value is -1.39. The number of hydrogen-bond donors (Lipinski definition) is 0. The molecule has 1 saturated carbocycles. The molecular formula is C16H25NO4. The standard InChI is InChI=1S/C16H25NO4/c1-5-11-6-12-8-16(10-17(19)20,13(12)7-11)9-14(18)21-15(2,3)4/h7,12-13H,5-6,8-10H2,1-4H3/t12-,13-,16+/m0/s1. The second-order valence-corrected chi connectivity index (χ2v) is 7.49. The van der Waals surface area contributed by atoms with Gasteiger partial charge in [-0.15, -0.1) is 0 Å². The predicted octanol–water partition coefficient (Wildman–Crippen LogP) is 3.36. The number of allylic oxidation sites excluding steroid dienone is 2. The van der Waals surface area contributed by atoms with E-state index >= 15 is 0 Å². The van der Waals surface area contributed by atoms with Gasteiger partial charge in [0.15, 0.2) is 0 Å². The van der Waals surface area contributed by atoms with Crippen molar-refractivity contribution in [3.05, 3.63) is 21.8 Å². The van der Waals surface area contributed by atoms with E-state index in [1.807, 2.05) is 20.8 Å². The maximum Gasteiger partial charge on any atom is 0.307 e. The van der Waals surface area contributed by atoms with E-state index in [2.05, 4.69) is 13.0 Å². The summed E-state index contributed by atoms with van der Waals surface area (Å²) in [6, 6.07) is 0. The molecule has 3 atom stereocenters. The fraction of sp³-hybridized carbons (Fsp3) is 0.812. The van der Waals surface area contributed by atoms with E-state index in [1.54, 1.807) is 0 Å². The van der Waals surface area contributed by atoms with Crippen LogP contribution >= 0.6 is 0 Å². The third kappa shape index (κ3) is 3.44. The summed E-state index contributed by atoms with van der Waals surface area (Å²) in [5, 5.41) is 11.0. The molecule has 0 saturated heterocycles. The quantitative estimate of drug-likeness (QED) is 0.337. The van der Waals surface area contributed by atoms with Gasteiger partial charge < -0.3 is 4.74 Å². The van der Waals surface area contributed by atoms with Gasteiger partial charge in [-0.3, -0.25) is 14.9 Å². The van der Waals surface area contributed by atoms with E-state index in [9.17, 15) is 14.9 Å². The zero-order chi connectivity index (χ0) is 15.8. The lowest BCUT2D eigenvalue weighted by Gasteiger charge is -2.49. The Morgan fingerprint density at radius 2 is 2.19 bits per heavy atom. The molecule has 5 heteroatoms. The summed E-state index contributed by atoms with van der Waals surface area (Å²) in [6.07, 6.45) is 5.13. The van der Waals surface area contributed by atoms with Gasteiger partial charge in [-0.05, 0) is 51.9 Å². The van der Waals surface area contributed by atoms with Gasteiger partial charge in [0.1, 0.15) is 5.60 Å². The molecule has 0 radical (unpaired) electrons. The summed E-state index contributed by atoms with van der Waals surface area (Å²) >= 11 is 0. The second kappa shape index (κ2) is 5.43. The highest BCUT2D eigenvalue weighted by Gasteiger charge is 2.58. The van der Waals surface area contributed by atoms with Gasteiger partial charge in [0, 0.05) is 4.92 Å². The van der Waals surface area contributed by atoms with Crippen molar-refractivity contribution in [2.24, 2.45) is 17.3 Å². The van der Waals surface area contributed by atoms with E-state index in [0.717, 1.165) is 19.3 Å². The molecule has 0 heterocycles. The molecule has 0 spiro atoms. The summed E-state index contributed by atoms with van der Waals surface area (Å²) in [6.45, 7) is 7.43. The van der Waals surface area contributed by atoms with Crippen molar-refractivity contribution < 1.29 is 14.5 Å². The highest BCUT2D eigenvalue weighted by molar-refractivity contribution is 5.71. The number of fused-ring (bicyclic) bond motifs is 1. The first-order valence-electron chi connectivity index (χ1n) is 7.68. The third-order valence-electron chi connectivity index (χ3n) is 4.64. The van der Waals surface area contributed by atoms with E-state index in [1.165, 1.54) is 5.57 Å². The van der Waals surface area contributed by atoms with Gasteiger partial charge in [0.2, 0.25) is 6.54 Å². The van der Waals surface area contributed by atoms with E-state index < -0.39 is 11.0 Å². The number of rotatable bonds is 5. The fourth-order valence-corrected chi connectivity index (χ4v) is 3.90. The third-order valence-corrected chi connectivity index (χ3v) is 4.64. The van der Waals surface area contributed by atoms with Crippen LogP contribution < -0.4 is 0 Å². The van der Waals surface area contributed by atoms with Gasteiger partial charge in [-0.2, -0.15) is 0 Å². The maximum atomic E-state index is 12.1. The molecule has 0 unspecified atom stereocenters. The SMILES string of the molecule is CCC1=C[C@H]2[C@@H](C1)C[C@@]2(CC(=O)OC(C)(C)C)C[N+](=O)[O-]. The normalized spacial score (nSPS) is 31.1. The van der Waals surface area contributed by atoms with Crippen molar-refractivity contribution in [2.75, 3.05) is 6.54 Å². The number of hydrogen-bond acceptors (Lipinski definition) is 4. The molecule has 0 aromatic heterocycles. The number of esters is 1. The minimum Gasteiger partial charge on any atom is -0.460 e. The van der Waals surface area contributed by atoms with Crippen molar-refractivity contribution in [3.8, 4) is 0 Å². The van der Waals surface area contributed by atoms with Crippen LogP contribution in [0.4, 0.5) is 0 Å². The number of ether oxygens (including phenoxy) is 1. The Bertz CT molecular complexity index is 477. The first-order chi connectivity index (χ1) is 9.65. The molecule has 2 aliphatic rings. The zero-order valence-electron chi connectivity index (χ0n) is 13.3. The fourth-order valence-electron chi connectivity index (χ4n) is 3.90. The average molecular weight is 295 g/mol. The topological polar surface area (TPSA) is 69.4 Å². The van der Waals surface area contributed by atoms with E-state index in [4.69, 9.17) is 4.74 Å². The van der Waals surface area contributed by atoms with Crippen molar-refractivity contribution in [1.82, 2.24) is 0 Å². The number of carbonyl (C=O) groups is 1. The molecule has 2 rings (SSSR count). The van der Waals surface area contributed by atoms with Crippen LogP contribution in [0.25, 0.3) is 0 Å². The Morgan fingerprint density at radius 3 is 2.71 bits per heavy atom. The van der Waals surface area contributed by atoms with Crippen LogP contribution in [0.2, 0.25) is 0 Å². The van der Waals surface area contributed by atoms with Crippen molar-refractivity contribution in [1.29, 1.82) is 0 Å². The van der Waals surface area contributed by atoms with Crippen LogP contribution in [0, 0.1) is 27.4 Å². The minimum absolute atomic E-state index is 0.138. The monoisotopic (exact) mass is 295 g/mol. The predicted molar refractivity (Wildman–Crippen MR) is 79.3 cm³/mol. The Morgan fingerprint density at radius 1 is 1.52 bits per heavy atom. The van der Waals surface area contributed by atoms with Crippen molar-refractivity contribution in [3.63, 3.8) is 0 Å². The van der Waals surface area contributed by atoms with Crippen LogP contribution in [0.1, 0.15) is 53.4 Å². The summed E-state index contributed by atoms with van der Waals surface area (Å²) in [7, 11) is 0. The highest BCUT2D eigenvalue weighted by atomic mass is 16.6. The highest BCUT2D eigenvalue weighted by Crippen LogP contribution is 2.60. The largest absolute Gasteiger partial charge is 0.460 e. The summed E-state index contributed by atoms with van der Waals surface area (Å²) in [5.41, 5.74) is 0.295. The first-order valence-corrected chi connectivity index (χ1v) is 7.68. The average Bonchev–Trinajstić information content (AvgIpc) is 2.63. The molecule has 0 aromatic rings. The second-order valence-electron chi connectivity index (χ2n) is 7.49. The maximum absolute atomic E-state index is 12.1. The lowest BCUT2D eigenvalue weighted by molar-refractivity contribution is -0.506. The molecule has 0 N–H and O–H groups in total. The molecule has 2 aliphatic carbocycles. The summed E-state index contributed by atoms with van der Waals surface area (Å²) in [5.74, 6) is 0.342. The lowest BCUT2D eigenvalue weighted by atomic mass is 9.53. The lowest BCUT2D eigenvalue weighted by Crippen LogP contribution is -2.51.